The van der Waals surface area contributed by atoms with Crippen LogP contribution in [0.2, 0.25) is 0 Å². The molecule has 0 spiro atoms. The second kappa shape index (κ2) is 6.61. The van der Waals surface area contributed by atoms with Gasteiger partial charge in [-0.15, -0.1) is 0 Å². The Bertz CT molecular complexity index is 955. The summed E-state index contributed by atoms with van der Waals surface area (Å²) in [6.07, 6.45) is 2.45. The summed E-state index contributed by atoms with van der Waals surface area (Å²) in [4.78, 5) is 0. The summed E-state index contributed by atoms with van der Waals surface area (Å²) in [7, 11) is 0. The van der Waals surface area contributed by atoms with Crippen molar-refractivity contribution >= 4 is 11.6 Å². The van der Waals surface area contributed by atoms with Crippen molar-refractivity contribution in [3.05, 3.63) is 91.3 Å². The molecule has 2 aromatic carbocycles. The summed E-state index contributed by atoms with van der Waals surface area (Å²) in [5, 5.41) is 0. The van der Waals surface area contributed by atoms with Crippen molar-refractivity contribution in [3.8, 4) is 0 Å². The van der Waals surface area contributed by atoms with Crippen LogP contribution in [-0.4, -0.2) is 0 Å². The molecule has 4 rings (SSSR count). The number of fused-ring (bicyclic) bond motifs is 1. The Balaban J connectivity index is 1.79. The van der Waals surface area contributed by atoms with Gasteiger partial charge >= 0.3 is 170 Å². The molecule has 0 heterocycles. The Morgan fingerprint density at radius 1 is 0.808 bits per heavy atom. The van der Waals surface area contributed by atoms with E-state index in [1.807, 2.05) is 0 Å². The maximum absolute atomic E-state index is 2.45. The average Bonchev–Trinajstić information content (AvgIpc) is 3.09. The van der Waals surface area contributed by atoms with Crippen LogP contribution in [0.5, 0.6) is 0 Å². The monoisotopic (exact) mass is 416 g/mol. The van der Waals surface area contributed by atoms with E-state index in [0.29, 0.717) is 3.63 Å². The van der Waals surface area contributed by atoms with Crippen molar-refractivity contribution in [3.63, 3.8) is 0 Å². The summed E-state index contributed by atoms with van der Waals surface area (Å²) in [5.74, 6) is 0. The maximum atomic E-state index is 2.45. The summed E-state index contributed by atoms with van der Waals surface area (Å²) < 4.78 is 2.39. The van der Waals surface area contributed by atoms with Crippen LogP contribution in [0.25, 0.3) is 11.6 Å². The van der Waals surface area contributed by atoms with Crippen molar-refractivity contribution in [1.29, 1.82) is 0 Å². The molecule has 0 saturated heterocycles. The van der Waals surface area contributed by atoms with Crippen LogP contribution >= 0.6 is 0 Å². The van der Waals surface area contributed by atoms with Gasteiger partial charge in [-0.05, 0) is 0 Å². The van der Waals surface area contributed by atoms with Gasteiger partial charge in [-0.1, -0.05) is 0 Å². The first kappa shape index (κ1) is 17.9. The van der Waals surface area contributed by atoms with Gasteiger partial charge in [0.1, 0.15) is 0 Å². The Labute approximate surface area is 169 Å². The van der Waals surface area contributed by atoms with Crippen LogP contribution in [0, 0.1) is 5.41 Å². The molecule has 26 heavy (non-hydrogen) atoms. The van der Waals surface area contributed by atoms with Crippen LogP contribution in [0.4, 0.5) is 0 Å². The van der Waals surface area contributed by atoms with Crippen LogP contribution < -0.4 is 0 Å². The molecular formula is C25H26Zr. The van der Waals surface area contributed by atoms with Gasteiger partial charge in [0.15, 0.2) is 0 Å². The normalized spacial score (nSPS) is 21.1. The van der Waals surface area contributed by atoms with E-state index >= 15 is 0 Å². The van der Waals surface area contributed by atoms with Crippen LogP contribution in [0.15, 0.2) is 74.6 Å². The third kappa shape index (κ3) is 2.76. The van der Waals surface area contributed by atoms with Crippen molar-refractivity contribution < 1.29 is 23.2 Å². The van der Waals surface area contributed by atoms with Crippen LogP contribution in [0.3, 0.4) is 0 Å². The van der Waals surface area contributed by atoms with Gasteiger partial charge in [-0.2, -0.15) is 0 Å². The quantitative estimate of drug-likeness (QED) is 0.503. The number of benzene rings is 2. The minimum absolute atomic E-state index is 0.236. The fraction of sp³-hybridized carbons (Fsp3) is 0.280. The van der Waals surface area contributed by atoms with Crippen molar-refractivity contribution in [2.24, 2.45) is 5.41 Å². The van der Waals surface area contributed by atoms with E-state index in [4.69, 9.17) is 0 Å². The number of hydrogen-bond donors (Lipinski definition) is 0. The first-order chi connectivity index (χ1) is 12.4. The average molecular weight is 418 g/mol. The Morgan fingerprint density at radius 3 is 2.12 bits per heavy atom. The molecule has 0 aromatic heterocycles. The van der Waals surface area contributed by atoms with Crippen molar-refractivity contribution in [2.75, 3.05) is 0 Å². The third-order valence-electron chi connectivity index (χ3n) is 6.39. The fourth-order valence-corrected chi connectivity index (χ4v) is 9.46. The molecule has 1 heteroatoms. The van der Waals surface area contributed by atoms with E-state index in [9.17, 15) is 0 Å². The van der Waals surface area contributed by atoms with Crippen molar-refractivity contribution in [2.45, 2.75) is 38.2 Å². The van der Waals surface area contributed by atoms with Crippen LogP contribution in [-0.2, 0) is 23.2 Å². The Kier molecular flexibility index (Phi) is 4.56. The van der Waals surface area contributed by atoms with Gasteiger partial charge in [0, 0.05) is 0 Å². The molecule has 130 valence electrons. The molecule has 0 fully saturated rings. The summed E-state index contributed by atoms with van der Waals surface area (Å²) in [5.41, 5.74) is 10.8. The minimum atomic E-state index is -0.836. The molecule has 1 atom stereocenters. The molecule has 0 nitrogen and oxygen atoms in total. The molecule has 0 N–H and O–H groups in total. The standard InChI is InChI=1S/C15H11.C10H15.Zr/c1-2-6-12(7-3-1)15-10-13-8-4-5-9-14(13)11-15;1-7-6-10(4,5)9(3)8(7)2;/h1-11H;1-5H3;. The number of rotatable bonds is 3. The molecule has 0 radical (unpaired) electrons. The van der Waals surface area contributed by atoms with E-state index in [1.54, 1.807) is 20.0 Å². The summed E-state index contributed by atoms with van der Waals surface area (Å²) in [6.45, 7) is 11.9. The summed E-state index contributed by atoms with van der Waals surface area (Å²) in [6, 6.07) is 20.0. The first-order valence-corrected chi connectivity index (χ1v) is 12.1. The molecule has 0 aliphatic heterocycles. The van der Waals surface area contributed by atoms with Gasteiger partial charge in [0.25, 0.3) is 0 Å². The zero-order valence-electron chi connectivity index (χ0n) is 16.4. The first-order valence-electron chi connectivity index (χ1n) is 9.43. The molecule has 2 aliphatic rings. The second-order valence-corrected chi connectivity index (χ2v) is 11.4. The summed E-state index contributed by atoms with van der Waals surface area (Å²) >= 11 is -0.836. The molecule has 0 bridgehead atoms. The molecule has 1 unspecified atom stereocenters. The van der Waals surface area contributed by atoms with E-state index in [0.717, 1.165) is 0 Å². The topological polar surface area (TPSA) is 0 Å². The van der Waals surface area contributed by atoms with Crippen LogP contribution in [0.1, 0.15) is 54.9 Å². The molecule has 0 saturated carbocycles. The zero-order chi connectivity index (χ0) is 18.5. The van der Waals surface area contributed by atoms with Gasteiger partial charge in [-0.3, -0.25) is 0 Å². The molecule has 0 amide bonds. The Morgan fingerprint density at radius 2 is 1.46 bits per heavy atom. The van der Waals surface area contributed by atoms with Crippen molar-refractivity contribution in [1.82, 2.24) is 0 Å². The molecule has 2 aliphatic carbocycles. The van der Waals surface area contributed by atoms with E-state index in [1.165, 1.54) is 22.3 Å². The number of allylic oxidation sites excluding steroid dienone is 5. The zero-order valence-corrected chi connectivity index (χ0v) is 18.8. The van der Waals surface area contributed by atoms with Gasteiger partial charge < -0.3 is 0 Å². The predicted octanol–water partition coefficient (Wildman–Crippen LogP) is 7.01. The van der Waals surface area contributed by atoms with Gasteiger partial charge in [-0.25, -0.2) is 0 Å². The van der Waals surface area contributed by atoms with Gasteiger partial charge in [0.2, 0.25) is 0 Å². The SMILES string of the molecule is CC1=C(C)C(C)(C)[C]([Zr][CH]2C(c3ccccc3)=Cc3ccccc32)=C1C. The third-order valence-corrected chi connectivity index (χ3v) is 11.8. The van der Waals surface area contributed by atoms with E-state index in [-0.39, 0.29) is 5.41 Å². The predicted molar refractivity (Wildman–Crippen MR) is 108 cm³/mol. The fourth-order valence-electron chi connectivity index (χ4n) is 4.39. The molecular weight excluding hydrogens is 391 g/mol. The molecule has 2 aromatic rings. The second-order valence-electron chi connectivity index (χ2n) is 8.05. The van der Waals surface area contributed by atoms with Gasteiger partial charge in [0.05, 0.1) is 0 Å². The van der Waals surface area contributed by atoms with E-state index in [2.05, 4.69) is 95.3 Å². The van der Waals surface area contributed by atoms with E-state index < -0.39 is 23.2 Å². The Hall–Kier alpha value is -1.46. The number of hydrogen-bond acceptors (Lipinski definition) is 0.